The van der Waals surface area contributed by atoms with Gasteiger partial charge in [0.2, 0.25) is 5.91 Å². The van der Waals surface area contributed by atoms with Crippen LogP contribution in [0.3, 0.4) is 0 Å². The third-order valence-electron chi connectivity index (χ3n) is 2.90. The van der Waals surface area contributed by atoms with Gasteiger partial charge in [-0.3, -0.25) is 4.79 Å². The second-order valence-corrected chi connectivity index (χ2v) is 4.21. The molecule has 1 aromatic rings. The fourth-order valence-corrected chi connectivity index (χ4v) is 2.05. The van der Waals surface area contributed by atoms with Gasteiger partial charge in [0, 0.05) is 18.9 Å². The van der Waals surface area contributed by atoms with Crippen molar-refractivity contribution in [1.82, 2.24) is 20.3 Å². The van der Waals surface area contributed by atoms with Crippen molar-refractivity contribution in [3.05, 3.63) is 11.4 Å². The molecular formula is C10H15N5O3. The van der Waals surface area contributed by atoms with Gasteiger partial charge in [-0.15, -0.1) is 5.10 Å². The Morgan fingerprint density at radius 1 is 1.61 bits per heavy atom. The normalized spacial score (nSPS) is 18.9. The Morgan fingerprint density at radius 2 is 2.39 bits per heavy atom. The molecule has 1 aliphatic heterocycles. The van der Waals surface area contributed by atoms with Gasteiger partial charge in [0.05, 0.1) is 12.2 Å². The van der Waals surface area contributed by atoms with Gasteiger partial charge in [0.25, 0.3) is 0 Å². The summed E-state index contributed by atoms with van der Waals surface area (Å²) in [5.74, 6) is -1.10. The lowest BCUT2D eigenvalue weighted by Gasteiger charge is -2.11. The maximum absolute atomic E-state index is 11.1. The van der Waals surface area contributed by atoms with Gasteiger partial charge in [-0.25, -0.2) is 9.48 Å². The lowest BCUT2D eigenvalue weighted by atomic mass is 10.2. The molecular weight excluding hydrogens is 238 g/mol. The van der Waals surface area contributed by atoms with Crippen LogP contribution in [0, 0.1) is 0 Å². The summed E-state index contributed by atoms with van der Waals surface area (Å²) < 4.78 is 1.52. The molecule has 2 rings (SSSR count). The van der Waals surface area contributed by atoms with Crippen LogP contribution in [-0.4, -0.2) is 44.6 Å². The molecule has 0 spiro atoms. The largest absolute Gasteiger partial charge is 0.476 e. The first kappa shape index (κ1) is 12.5. The van der Waals surface area contributed by atoms with E-state index in [1.807, 2.05) is 0 Å². The second kappa shape index (κ2) is 5.13. The number of carbonyl (C=O) groups is 2. The van der Waals surface area contributed by atoms with E-state index in [1.54, 1.807) is 0 Å². The average molecular weight is 253 g/mol. The minimum atomic E-state index is -1.11. The van der Waals surface area contributed by atoms with Crippen LogP contribution in [0.25, 0.3) is 0 Å². The first-order valence-electron chi connectivity index (χ1n) is 5.77. The fraction of sp³-hybridized carbons (Fsp3) is 0.600. The van der Waals surface area contributed by atoms with E-state index < -0.39 is 5.97 Å². The van der Waals surface area contributed by atoms with Crippen molar-refractivity contribution < 1.29 is 14.7 Å². The van der Waals surface area contributed by atoms with E-state index in [9.17, 15) is 9.59 Å². The van der Waals surface area contributed by atoms with E-state index in [1.165, 1.54) is 4.68 Å². The van der Waals surface area contributed by atoms with Crippen LogP contribution in [-0.2, 0) is 17.8 Å². The fourth-order valence-electron chi connectivity index (χ4n) is 2.05. The predicted octanol–water partition coefficient (Wildman–Crippen LogP) is -1.24. The van der Waals surface area contributed by atoms with Crippen LogP contribution in [0.5, 0.6) is 0 Å². The third-order valence-corrected chi connectivity index (χ3v) is 2.90. The summed E-state index contributed by atoms with van der Waals surface area (Å²) in [6, 6.07) is -0.0163. The van der Waals surface area contributed by atoms with Gasteiger partial charge in [-0.1, -0.05) is 5.21 Å². The van der Waals surface area contributed by atoms with E-state index >= 15 is 0 Å². The molecule has 1 amide bonds. The number of carboxylic acids is 1. The van der Waals surface area contributed by atoms with Crippen LogP contribution >= 0.6 is 0 Å². The van der Waals surface area contributed by atoms with E-state index in [-0.39, 0.29) is 17.6 Å². The number of carbonyl (C=O) groups excluding carboxylic acids is 1. The molecule has 0 saturated carbocycles. The number of aromatic carboxylic acids is 1. The third kappa shape index (κ3) is 2.48. The van der Waals surface area contributed by atoms with Crippen LogP contribution in [0.1, 0.15) is 29.0 Å². The molecule has 8 nitrogen and oxygen atoms in total. The van der Waals surface area contributed by atoms with Crippen LogP contribution in [0.2, 0.25) is 0 Å². The molecule has 4 N–H and O–H groups in total. The molecule has 0 aromatic carbocycles. The molecule has 1 atom stereocenters. The van der Waals surface area contributed by atoms with Crippen molar-refractivity contribution in [3.8, 4) is 0 Å². The number of rotatable bonds is 5. The molecule has 0 aliphatic carbocycles. The standard InChI is InChI=1S/C10H15N5O3/c11-4-3-7-9(10(17)18)13-14-15(7)5-6-1-2-8(16)12-6/h6H,1-5,11H2,(H,12,16)(H,17,18). The van der Waals surface area contributed by atoms with Crippen molar-refractivity contribution in [2.24, 2.45) is 5.73 Å². The van der Waals surface area contributed by atoms with Crippen molar-refractivity contribution in [2.45, 2.75) is 31.8 Å². The zero-order valence-electron chi connectivity index (χ0n) is 9.80. The van der Waals surface area contributed by atoms with Crippen molar-refractivity contribution in [2.75, 3.05) is 6.54 Å². The maximum atomic E-state index is 11.1. The average Bonchev–Trinajstić information content (AvgIpc) is 2.88. The summed E-state index contributed by atoms with van der Waals surface area (Å²) >= 11 is 0. The van der Waals surface area contributed by atoms with Crippen molar-refractivity contribution in [3.63, 3.8) is 0 Å². The van der Waals surface area contributed by atoms with Gasteiger partial charge in [-0.05, 0) is 13.0 Å². The molecule has 0 radical (unpaired) electrons. The first-order chi connectivity index (χ1) is 8.61. The van der Waals surface area contributed by atoms with E-state index in [2.05, 4.69) is 15.6 Å². The van der Waals surface area contributed by atoms with Crippen molar-refractivity contribution >= 4 is 11.9 Å². The Balaban J connectivity index is 2.16. The van der Waals surface area contributed by atoms with E-state index in [4.69, 9.17) is 10.8 Å². The molecule has 2 heterocycles. The zero-order chi connectivity index (χ0) is 13.1. The summed E-state index contributed by atoms with van der Waals surface area (Å²) in [7, 11) is 0. The van der Waals surface area contributed by atoms with Crippen LogP contribution in [0.15, 0.2) is 0 Å². The topological polar surface area (TPSA) is 123 Å². The molecule has 18 heavy (non-hydrogen) atoms. The number of nitrogens with two attached hydrogens (primary N) is 1. The Labute approximate surface area is 103 Å². The quantitative estimate of drug-likeness (QED) is 0.603. The molecule has 1 aliphatic rings. The minimum Gasteiger partial charge on any atom is -0.476 e. The molecule has 1 saturated heterocycles. The number of nitrogens with zero attached hydrogens (tertiary/aromatic N) is 3. The minimum absolute atomic E-state index is 0.0129. The first-order valence-corrected chi connectivity index (χ1v) is 5.77. The van der Waals surface area contributed by atoms with Gasteiger partial charge >= 0.3 is 5.97 Å². The monoisotopic (exact) mass is 253 g/mol. The highest BCUT2D eigenvalue weighted by atomic mass is 16.4. The molecule has 8 heteroatoms. The number of aromatic nitrogens is 3. The molecule has 1 fully saturated rings. The Bertz CT molecular complexity index is 470. The van der Waals surface area contributed by atoms with Gasteiger partial charge < -0.3 is 16.2 Å². The summed E-state index contributed by atoms with van der Waals surface area (Å²) in [6.45, 7) is 0.756. The molecule has 98 valence electrons. The summed E-state index contributed by atoms with van der Waals surface area (Å²) in [5.41, 5.74) is 5.90. The Kier molecular flexibility index (Phi) is 3.56. The van der Waals surface area contributed by atoms with Crippen LogP contribution < -0.4 is 11.1 Å². The number of amides is 1. The predicted molar refractivity (Wildman–Crippen MR) is 60.9 cm³/mol. The Hall–Kier alpha value is -1.96. The second-order valence-electron chi connectivity index (χ2n) is 4.21. The summed E-state index contributed by atoms with van der Waals surface area (Å²) in [4.78, 5) is 22.1. The Morgan fingerprint density at radius 3 is 2.94 bits per heavy atom. The van der Waals surface area contributed by atoms with E-state index in [0.29, 0.717) is 31.6 Å². The molecule has 1 aromatic heterocycles. The van der Waals surface area contributed by atoms with Gasteiger partial charge in [0.1, 0.15) is 0 Å². The van der Waals surface area contributed by atoms with Crippen molar-refractivity contribution in [1.29, 1.82) is 0 Å². The lowest BCUT2D eigenvalue weighted by molar-refractivity contribution is -0.119. The number of hydrogen-bond acceptors (Lipinski definition) is 5. The van der Waals surface area contributed by atoms with Crippen LogP contribution in [0.4, 0.5) is 0 Å². The summed E-state index contributed by atoms with van der Waals surface area (Å²) in [5, 5.41) is 19.3. The van der Waals surface area contributed by atoms with Gasteiger partial charge in [-0.2, -0.15) is 0 Å². The highest BCUT2D eigenvalue weighted by Gasteiger charge is 2.24. The SMILES string of the molecule is NCCc1c(C(=O)O)nnn1CC1CCC(=O)N1. The molecule has 1 unspecified atom stereocenters. The molecule has 0 bridgehead atoms. The smallest absolute Gasteiger partial charge is 0.358 e. The highest BCUT2D eigenvalue weighted by Crippen LogP contribution is 2.12. The lowest BCUT2D eigenvalue weighted by Crippen LogP contribution is -2.31. The maximum Gasteiger partial charge on any atom is 0.358 e. The van der Waals surface area contributed by atoms with E-state index in [0.717, 1.165) is 6.42 Å². The highest BCUT2D eigenvalue weighted by molar-refractivity contribution is 5.86. The number of carboxylic acid groups (broad SMARTS) is 1. The summed E-state index contributed by atoms with van der Waals surface area (Å²) in [6.07, 6.45) is 1.62. The number of nitrogens with one attached hydrogen (secondary N) is 1. The zero-order valence-corrected chi connectivity index (χ0v) is 9.80. The number of hydrogen-bond donors (Lipinski definition) is 3. The van der Waals surface area contributed by atoms with Gasteiger partial charge in [0.15, 0.2) is 5.69 Å².